The van der Waals surface area contributed by atoms with Gasteiger partial charge < -0.3 is 14.0 Å². The summed E-state index contributed by atoms with van der Waals surface area (Å²) < 4.78 is 14.8. The van der Waals surface area contributed by atoms with E-state index in [-0.39, 0.29) is 18.5 Å². The molecule has 3 atom stereocenters. The van der Waals surface area contributed by atoms with Crippen LogP contribution in [0, 0.1) is 0 Å². The minimum Gasteiger partial charge on any atom is -0.349 e. The molecule has 3 aromatic rings. The minimum atomic E-state index is -0.273. The van der Waals surface area contributed by atoms with Crippen LogP contribution in [-0.4, -0.2) is 27.7 Å². The Morgan fingerprint density at radius 2 is 1.91 bits per heavy atom. The van der Waals surface area contributed by atoms with Gasteiger partial charge in [0.25, 0.3) is 0 Å². The van der Waals surface area contributed by atoms with Crippen molar-refractivity contribution in [1.82, 2.24) is 9.55 Å². The molecule has 1 aromatic heterocycles. The molecule has 3 unspecified atom stereocenters. The molecular weight excluding hydrogens is 487 g/mol. The summed E-state index contributed by atoms with van der Waals surface area (Å²) in [5.41, 5.74) is 2.16. The summed E-state index contributed by atoms with van der Waals surface area (Å²) in [7, 11) is 0. The van der Waals surface area contributed by atoms with E-state index in [1.165, 1.54) is 5.56 Å². The summed E-state index contributed by atoms with van der Waals surface area (Å²) in [5, 5.41) is 1.96. The van der Waals surface area contributed by atoms with Crippen LogP contribution in [0.25, 0.3) is 0 Å². The molecule has 1 aliphatic rings. The lowest BCUT2D eigenvalue weighted by molar-refractivity contribution is -0.213. The van der Waals surface area contributed by atoms with Crippen LogP contribution in [0.3, 0.4) is 0 Å². The van der Waals surface area contributed by atoms with Crippen LogP contribution in [0.1, 0.15) is 36.5 Å². The zero-order valence-electron chi connectivity index (χ0n) is 17.5. The molecule has 4 nitrogen and oxygen atoms in total. The number of aromatic nitrogens is 2. The molecular formula is C24H25Cl3N2O2S. The second-order valence-corrected chi connectivity index (χ2v) is 10.1. The maximum atomic E-state index is 6.51. The van der Waals surface area contributed by atoms with Crippen LogP contribution in [0.15, 0.2) is 61.2 Å². The molecule has 0 saturated carbocycles. The molecule has 1 aliphatic heterocycles. The molecule has 0 spiro atoms. The van der Waals surface area contributed by atoms with Gasteiger partial charge in [0.1, 0.15) is 6.10 Å². The second kappa shape index (κ2) is 11.8. The largest absolute Gasteiger partial charge is 0.349 e. The number of hydrogen-bond donors (Lipinski definition) is 0. The fraction of sp³-hybridized carbons (Fsp3) is 0.375. The Hall–Kier alpha value is -1.21. The Balaban J connectivity index is 1.36. The van der Waals surface area contributed by atoms with Gasteiger partial charge in [-0.1, -0.05) is 53.0 Å². The van der Waals surface area contributed by atoms with Crippen molar-refractivity contribution in [3.63, 3.8) is 0 Å². The number of ether oxygens (including phenoxy) is 2. The number of benzene rings is 2. The zero-order valence-corrected chi connectivity index (χ0v) is 20.6. The van der Waals surface area contributed by atoms with Crippen molar-refractivity contribution >= 4 is 46.6 Å². The molecule has 0 N–H and O–H groups in total. The lowest BCUT2D eigenvalue weighted by Crippen LogP contribution is -2.33. The first-order valence-corrected chi connectivity index (χ1v) is 12.9. The number of imidazole rings is 1. The van der Waals surface area contributed by atoms with Gasteiger partial charge in [0.2, 0.25) is 0 Å². The van der Waals surface area contributed by atoms with E-state index >= 15 is 0 Å². The number of rotatable bonds is 9. The minimum absolute atomic E-state index is 0.167. The molecule has 4 rings (SSSR count). The summed E-state index contributed by atoms with van der Waals surface area (Å²) in [6, 6.07) is 13.5. The predicted octanol–water partition coefficient (Wildman–Crippen LogP) is 7.43. The summed E-state index contributed by atoms with van der Waals surface area (Å²) >= 11 is 20.5. The highest BCUT2D eigenvalue weighted by Gasteiger charge is 2.27. The van der Waals surface area contributed by atoms with Crippen molar-refractivity contribution in [3.05, 3.63) is 87.4 Å². The lowest BCUT2D eigenvalue weighted by Gasteiger charge is -2.33. The monoisotopic (exact) mass is 510 g/mol. The van der Waals surface area contributed by atoms with Gasteiger partial charge in [0.05, 0.1) is 19.0 Å². The van der Waals surface area contributed by atoms with Crippen LogP contribution >= 0.6 is 46.6 Å². The Labute approximate surface area is 208 Å². The quantitative estimate of drug-likeness (QED) is 0.299. The van der Waals surface area contributed by atoms with E-state index in [1.807, 2.05) is 46.8 Å². The fourth-order valence-corrected chi connectivity index (χ4v) is 5.43. The molecule has 8 heteroatoms. The maximum Gasteiger partial charge on any atom is 0.158 e. The van der Waals surface area contributed by atoms with Crippen molar-refractivity contribution in [2.24, 2.45) is 0 Å². The molecule has 2 aromatic carbocycles. The topological polar surface area (TPSA) is 36.3 Å². The third-order valence-corrected chi connectivity index (χ3v) is 7.32. The summed E-state index contributed by atoms with van der Waals surface area (Å²) in [4.78, 5) is 4.14. The van der Waals surface area contributed by atoms with Gasteiger partial charge in [-0.25, -0.2) is 4.98 Å². The normalized spacial score (nSPS) is 19.7. The van der Waals surface area contributed by atoms with Crippen molar-refractivity contribution in [1.29, 1.82) is 0 Å². The molecule has 0 bridgehead atoms. The molecule has 2 heterocycles. The third-order valence-electron chi connectivity index (χ3n) is 5.36. The molecule has 1 fully saturated rings. The summed E-state index contributed by atoms with van der Waals surface area (Å²) in [5.74, 6) is 1.86. The van der Waals surface area contributed by atoms with Gasteiger partial charge in [0.15, 0.2) is 6.29 Å². The SMILES string of the molecule is Clc1ccc(CSCC2CCCC(OC(Cn3ccnc3)c3ccc(Cl)cc3Cl)O2)cc1. The number of halogens is 3. The van der Waals surface area contributed by atoms with Crippen molar-refractivity contribution < 1.29 is 9.47 Å². The highest BCUT2D eigenvalue weighted by Crippen LogP contribution is 2.33. The predicted molar refractivity (Wildman–Crippen MR) is 133 cm³/mol. The first kappa shape index (κ1) is 23.9. The smallest absolute Gasteiger partial charge is 0.158 e. The Bertz CT molecular complexity index is 985. The number of thioether (sulfide) groups is 1. The van der Waals surface area contributed by atoms with E-state index in [0.29, 0.717) is 16.6 Å². The first-order chi connectivity index (χ1) is 15.6. The standard InChI is InChI=1S/C24H25Cl3N2O2S/c25-18-6-4-17(5-7-18)14-32-15-20-2-1-3-24(30-20)31-23(13-29-11-10-28-16-29)21-9-8-19(26)12-22(21)27/h4-12,16,20,23-24H,1-3,13-15H2. The van der Waals surface area contributed by atoms with Crippen molar-refractivity contribution in [2.75, 3.05) is 5.75 Å². The molecule has 0 radical (unpaired) electrons. The van der Waals surface area contributed by atoms with Gasteiger partial charge in [0, 0.05) is 44.5 Å². The molecule has 1 saturated heterocycles. The zero-order chi connectivity index (χ0) is 22.3. The maximum absolute atomic E-state index is 6.51. The molecule has 32 heavy (non-hydrogen) atoms. The van der Waals surface area contributed by atoms with E-state index in [2.05, 4.69) is 17.1 Å². The van der Waals surface area contributed by atoms with E-state index < -0.39 is 0 Å². The summed E-state index contributed by atoms with van der Waals surface area (Å²) in [6.07, 6.45) is 8.06. The van der Waals surface area contributed by atoms with Crippen molar-refractivity contribution in [2.45, 2.75) is 50.1 Å². The number of hydrogen-bond acceptors (Lipinski definition) is 4. The van der Waals surface area contributed by atoms with E-state index in [0.717, 1.165) is 41.4 Å². The van der Waals surface area contributed by atoms with Gasteiger partial charge in [-0.15, -0.1) is 0 Å². The van der Waals surface area contributed by atoms with Crippen molar-refractivity contribution in [3.8, 4) is 0 Å². The van der Waals surface area contributed by atoms with Crippen LogP contribution in [0.2, 0.25) is 15.1 Å². The van der Waals surface area contributed by atoms with Crippen LogP contribution in [-0.2, 0) is 21.8 Å². The van der Waals surface area contributed by atoms with Gasteiger partial charge in [-0.2, -0.15) is 11.8 Å². The third kappa shape index (κ3) is 6.89. The van der Waals surface area contributed by atoms with Gasteiger partial charge >= 0.3 is 0 Å². The highest BCUT2D eigenvalue weighted by molar-refractivity contribution is 7.98. The Morgan fingerprint density at radius 3 is 2.66 bits per heavy atom. The molecule has 170 valence electrons. The van der Waals surface area contributed by atoms with Crippen LogP contribution < -0.4 is 0 Å². The molecule has 0 aliphatic carbocycles. The van der Waals surface area contributed by atoms with Crippen LogP contribution in [0.5, 0.6) is 0 Å². The van der Waals surface area contributed by atoms with Gasteiger partial charge in [-0.3, -0.25) is 0 Å². The average Bonchev–Trinajstić information content (AvgIpc) is 3.28. The van der Waals surface area contributed by atoms with Crippen LogP contribution in [0.4, 0.5) is 0 Å². The van der Waals surface area contributed by atoms with Gasteiger partial charge in [-0.05, 0) is 49.1 Å². The summed E-state index contributed by atoms with van der Waals surface area (Å²) in [6.45, 7) is 0.594. The Kier molecular flexibility index (Phi) is 8.81. The van der Waals surface area contributed by atoms with E-state index in [1.54, 1.807) is 18.6 Å². The lowest BCUT2D eigenvalue weighted by atomic mass is 10.1. The van der Waals surface area contributed by atoms with E-state index in [9.17, 15) is 0 Å². The number of nitrogens with zero attached hydrogens (tertiary/aromatic N) is 2. The first-order valence-electron chi connectivity index (χ1n) is 10.6. The second-order valence-electron chi connectivity index (χ2n) is 7.81. The highest BCUT2D eigenvalue weighted by atomic mass is 35.5. The fourth-order valence-electron chi connectivity index (χ4n) is 3.72. The average molecular weight is 512 g/mol. The molecule has 0 amide bonds. The Morgan fingerprint density at radius 1 is 1.09 bits per heavy atom. The van der Waals surface area contributed by atoms with E-state index in [4.69, 9.17) is 44.3 Å².